The van der Waals surface area contributed by atoms with Gasteiger partial charge in [-0.2, -0.15) is 4.98 Å². The number of aromatic nitrogens is 3. The van der Waals surface area contributed by atoms with Gasteiger partial charge in [-0.3, -0.25) is 14.7 Å². The second kappa shape index (κ2) is 5.53. The summed E-state index contributed by atoms with van der Waals surface area (Å²) in [4.78, 5) is 22.1. The minimum atomic E-state index is -0.148. The first-order chi connectivity index (χ1) is 11.3. The summed E-state index contributed by atoms with van der Waals surface area (Å²) in [5.41, 5.74) is 1.46. The number of hydrogen-bond donors (Lipinski definition) is 0. The first-order valence-corrected chi connectivity index (χ1v) is 7.06. The van der Waals surface area contributed by atoms with Gasteiger partial charge in [-0.15, -0.1) is 0 Å². The van der Waals surface area contributed by atoms with Crippen LogP contribution in [0.3, 0.4) is 0 Å². The lowest BCUT2D eigenvalue weighted by Crippen LogP contribution is -2.38. The Morgan fingerprint density at radius 3 is 2.96 bits per heavy atom. The van der Waals surface area contributed by atoms with Crippen LogP contribution in [0.4, 0.5) is 5.69 Å². The molecular formula is C16H12N4O3. The molecule has 3 heterocycles. The molecule has 0 saturated heterocycles. The SMILES string of the molecule is O=C1COc2ccccc2N1Cc1nc(-c2cccnc2)no1. The maximum atomic E-state index is 12.1. The summed E-state index contributed by atoms with van der Waals surface area (Å²) < 4.78 is 10.7. The molecule has 0 saturated carbocycles. The molecule has 0 atom stereocenters. The van der Waals surface area contributed by atoms with Gasteiger partial charge in [-0.25, -0.2) is 0 Å². The van der Waals surface area contributed by atoms with Crippen LogP contribution in [-0.4, -0.2) is 27.6 Å². The average Bonchev–Trinajstić information content (AvgIpc) is 3.07. The van der Waals surface area contributed by atoms with Crippen LogP contribution in [0.5, 0.6) is 5.75 Å². The Bertz CT molecular complexity index is 847. The third kappa shape index (κ3) is 2.52. The largest absolute Gasteiger partial charge is 0.482 e. The predicted octanol–water partition coefficient (Wildman–Crippen LogP) is 2.06. The first kappa shape index (κ1) is 13.4. The Labute approximate surface area is 131 Å². The molecule has 7 nitrogen and oxygen atoms in total. The summed E-state index contributed by atoms with van der Waals surface area (Å²) in [6.45, 7) is 0.201. The molecule has 1 aliphatic heterocycles. The van der Waals surface area contributed by atoms with Crippen molar-refractivity contribution in [2.24, 2.45) is 0 Å². The lowest BCUT2D eigenvalue weighted by molar-refractivity contribution is -0.121. The molecule has 0 bridgehead atoms. The fourth-order valence-corrected chi connectivity index (χ4v) is 2.39. The number of carbonyl (C=O) groups excluding carboxylic acids is 1. The molecule has 0 aliphatic carbocycles. The molecule has 4 rings (SSSR count). The lowest BCUT2D eigenvalue weighted by atomic mass is 10.2. The van der Waals surface area contributed by atoms with Crippen molar-refractivity contribution in [3.63, 3.8) is 0 Å². The van der Waals surface area contributed by atoms with Crippen LogP contribution < -0.4 is 9.64 Å². The van der Waals surface area contributed by atoms with E-state index in [2.05, 4.69) is 15.1 Å². The maximum absolute atomic E-state index is 12.1. The Balaban J connectivity index is 1.61. The maximum Gasteiger partial charge on any atom is 0.265 e. The quantitative estimate of drug-likeness (QED) is 0.736. The van der Waals surface area contributed by atoms with Gasteiger partial charge >= 0.3 is 0 Å². The number of amides is 1. The van der Waals surface area contributed by atoms with Gasteiger partial charge in [0.25, 0.3) is 5.91 Å². The van der Waals surface area contributed by atoms with Crippen molar-refractivity contribution in [1.29, 1.82) is 0 Å². The normalized spacial score (nSPS) is 13.6. The molecule has 0 fully saturated rings. The van der Waals surface area contributed by atoms with Crippen LogP contribution in [0.1, 0.15) is 5.89 Å². The first-order valence-electron chi connectivity index (χ1n) is 7.06. The highest BCUT2D eigenvalue weighted by Crippen LogP contribution is 2.32. The van der Waals surface area contributed by atoms with Gasteiger partial charge < -0.3 is 9.26 Å². The molecule has 0 N–H and O–H groups in total. The number of para-hydroxylation sites is 2. The van der Waals surface area contributed by atoms with E-state index in [9.17, 15) is 4.79 Å². The second-order valence-electron chi connectivity index (χ2n) is 4.99. The van der Waals surface area contributed by atoms with Gasteiger partial charge in [0, 0.05) is 18.0 Å². The number of pyridine rings is 1. The zero-order chi connectivity index (χ0) is 15.6. The van der Waals surface area contributed by atoms with E-state index in [0.717, 1.165) is 5.56 Å². The monoisotopic (exact) mass is 308 g/mol. The van der Waals surface area contributed by atoms with E-state index in [4.69, 9.17) is 9.26 Å². The molecule has 2 aromatic heterocycles. The summed E-state index contributed by atoms with van der Waals surface area (Å²) in [6, 6.07) is 11.0. The van der Waals surface area contributed by atoms with Crippen LogP contribution in [0.15, 0.2) is 53.3 Å². The summed E-state index contributed by atoms with van der Waals surface area (Å²) in [6.07, 6.45) is 3.33. The van der Waals surface area contributed by atoms with E-state index < -0.39 is 0 Å². The molecule has 0 radical (unpaired) electrons. The number of rotatable bonds is 3. The summed E-state index contributed by atoms with van der Waals surface area (Å²) in [5, 5.41) is 3.94. The number of benzene rings is 1. The van der Waals surface area contributed by atoms with E-state index >= 15 is 0 Å². The fraction of sp³-hybridized carbons (Fsp3) is 0.125. The molecule has 23 heavy (non-hydrogen) atoms. The van der Waals surface area contributed by atoms with Gasteiger partial charge in [0.1, 0.15) is 12.3 Å². The van der Waals surface area contributed by atoms with Crippen molar-refractivity contribution in [2.45, 2.75) is 6.54 Å². The number of fused-ring (bicyclic) bond motifs is 1. The Morgan fingerprint density at radius 2 is 2.09 bits per heavy atom. The smallest absolute Gasteiger partial charge is 0.265 e. The van der Waals surface area contributed by atoms with Crippen molar-refractivity contribution < 1.29 is 14.1 Å². The third-order valence-corrected chi connectivity index (χ3v) is 3.49. The Morgan fingerprint density at radius 1 is 1.17 bits per heavy atom. The molecule has 3 aromatic rings. The third-order valence-electron chi connectivity index (χ3n) is 3.49. The zero-order valence-electron chi connectivity index (χ0n) is 12.0. The molecule has 0 unspecified atom stereocenters. The number of hydrogen-bond acceptors (Lipinski definition) is 6. The Kier molecular flexibility index (Phi) is 3.23. The number of ether oxygens (including phenoxy) is 1. The Hall–Kier alpha value is -3.22. The zero-order valence-corrected chi connectivity index (χ0v) is 12.0. The van der Waals surface area contributed by atoms with Gasteiger partial charge in [-0.1, -0.05) is 17.3 Å². The van der Waals surface area contributed by atoms with Gasteiger partial charge in [0.05, 0.1) is 5.69 Å². The van der Waals surface area contributed by atoms with Crippen LogP contribution in [0.25, 0.3) is 11.4 Å². The summed E-state index contributed by atoms with van der Waals surface area (Å²) in [5.74, 6) is 1.32. The van der Waals surface area contributed by atoms with E-state index in [-0.39, 0.29) is 19.1 Å². The molecule has 7 heteroatoms. The van der Waals surface area contributed by atoms with Crippen LogP contribution in [0, 0.1) is 0 Å². The molecule has 0 spiro atoms. The summed E-state index contributed by atoms with van der Waals surface area (Å²) >= 11 is 0. The molecule has 1 aliphatic rings. The van der Waals surface area contributed by atoms with Crippen molar-refractivity contribution in [2.75, 3.05) is 11.5 Å². The van der Waals surface area contributed by atoms with Gasteiger partial charge in [0.15, 0.2) is 6.61 Å². The standard InChI is InChI=1S/C16H12N4O3/c21-15-10-22-13-6-2-1-5-12(13)20(15)9-14-18-16(19-23-14)11-4-3-7-17-8-11/h1-8H,9-10H2. The minimum Gasteiger partial charge on any atom is -0.482 e. The number of anilines is 1. The minimum absolute atomic E-state index is 0.000608. The highest BCUT2D eigenvalue weighted by molar-refractivity contribution is 5.97. The summed E-state index contributed by atoms with van der Waals surface area (Å²) in [7, 11) is 0. The van der Waals surface area contributed by atoms with Crippen molar-refractivity contribution in [1.82, 2.24) is 15.1 Å². The molecular weight excluding hydrogens is 296 g/mol. The lowest BCUT2D eigenvalue weighted by Gasteiger charge is -2.27. The highest BCUT2D eigenvalue weighted by Gasteiger charge is 2.27. The van der Waals surface area contributed by atoms with E-state index in [1.807, 2.05) is 30.3 Å². The van der Waals surface area contributed by atoms with Gasteiger partial charge in [0.2, 0.25) is 11.7 Å². The molecule has 1 amide bonds. The van der Waals surface area contributed by atoms with Crippen LogP contribution in [0.2, 0.25) is 0 Å². The van der Waals surface area contributed by atoms with E-state index in [1.54, 1.807) is 23.4 Å². The number of carbonyl (C=O) groups is 1. The second-order valence-corrected chi connectivity index (χ2v) is 4.99. The number of nitrogens with zero attached hydrogens (tertiary/aromatic N) is 4. The van der Waals surface area contributed by atoms with Crippen molar-refractivity contribution in [3.05, 3.63) is 54.7 Å². The average molecular weight is 308 g/mol. The molecule has 114 valence electrons. The van der Waals surface area contributed by atoms with Gasteiger partial charge in [-0.05, 0) is 24.3 Å². The fourth-order valence-electron chi connectivity index (χ4n) is 2.39. The van der Waals surface area contributed by atoms with E-state index in [1.165, 1.54) is 0 Å². The van der Waals surface area contributed by atoms with Crippen molar-refractivity contribution in [3.8, 4) is 17.1 Å². The topological polar surface area (TPSA) is 81.4 Å². The van der Waals surface area contributed by atoms with Crippen LogP contribution >= 0.6 is 0 Å². The highest BCUT2D eigenvalue weighted by atomic mass is 16.5. The van der Waals surface area contributed by atoms with E-state index in [0.29, 0.717) is 23.2 Å². The van der Waals surface area contributed by atoms with Crippen LogP contribution in [-0.2, 0) is 11.3 Å². The molecule has 1 aromatic carbocycles. The van der Waals surface area contributed by atoms with Crippen molar-refractivity contribution >= 4 is 11.6 Å². The predicted molar refractivity (Wildman–Crippen MR) is 80.7 cm³/mol.